The Morgan fingerprint density at radius 2 is 1.69 bits per heavy atom. The molecule has 0 bridgehead atoms. The summed E-state index contributed by atoms with van der Waals surface area (Å²) in [6.07, 6.45) is 2.31. The molecule has 2 aromatic carbocycles. The summed E-state index contributed by atoms with van der Waals surface area (Å²) < 4.78 is 14.0. The summed E-state index contributed by atoms with van der Waals surface area (Å²) in [5.41, 5.74) is 2.75. The van der Waals surface area contributed by atoms with Crippen LogP contribution in [-0.4, -0.2) is 47.4 Å². The summed E-state index contributed by atoms with van der Waals surface area (Å²) >= 11 is 0. The summed E-state index contributed by atoms with van der Waals surface area (Å²) in [5.74, 6) is -0.405. The number of benzene rings is 2. The van der Waals surface area contributed by atoms with Crippen LogP contribution >= 0.6 is 0 Å². The molecule has 1 fully saturated rings. The third-order valence-electron chi connectivity index (χ3n) is 7.16. The second kappa shape index (κ2) is 10.4. The van der Waals surface area contributed by atoms with Crippen molar-refractivity contribution in [3.8, 4) is 0 Å². The molecule has 7 nitrogen and oxygen atoms in total. The van der Waals surface area contributed by atoms with Gasteiger partial charge < -0.3 is 13.7 Å². The van der Waals surface area contributed by atoms with E-state index in [1.165, 1.54) is 4.90 Å². The molecule has 1 aliphatic rings. The summed E-state index contributed by atoms with van der Waals surface area (Å²) in [6, 6.07) is 19.4. The van der Waals surface area contributed by atoms with Gasteiger partial charge in [0.15, 0.2) is 14.4 Å². The van der Waals surface area contributed by atoms with Crippen LogP contribution in [0.4, 0.5) is 4.79 Å². The third-order valence-corrected chi connectivity index (χ3v) is 11.6. The van der Waals surface area contributed by atoms with Gasteiger partial charge in [0.1, 0.15) is 6.61 Å². The number of hydrogen-bond donors (Lipinski definition) is 0. The molecule has 0 saturated carbocycles. The van der Waals surface area contributed by atoms with E-state index < -0.39 is 32.5 Å². The number of carbonyl (C=O) groups is 2. The molecule has 1 saturated heterocycles. The van der Waals surface area contributed by atoms with Crippen molar-refractivity contribution < 1.29 is 18.8 Å². The first-order valence-electron chi connectivity index (χ1n) is 12.3. The fraction of sp³-hybridized carbons (Fsp3) is 0.393. The predicted octanol–water partition coefficient (Wildman–Crippen LogP) is 5.58. The Balaban J connectivity index is 1.69. The highest BCUT2D eigenvalue weighted by atomic mass is 28.4. The summed E-state index contributed by atoms with van der Waals surface area (Å²) in [5, 5.41) is -0.134. The zero-order chi connectivity index (χ0) is 25.9. The molecule has 0 N–H and O–H groups in total. The second-order valence-electron chi connectivity index (χ2n) is 10.8. The van der Waals surface area contributed by atoms with Crippen molar-refractivity contribution in [1.29, 1.82) is 0 Å². The first-order chi connectivity index (χ1) is 17.1. The fourth-order valence-corrected chi connectivity index (χ4v) is 5.23. The number of cyclic esters (lactones) is 1. The summed E-state index contributed by atoms with van der Waals surface area (Å²) in [4.78, 5) is 32.6. The van der Waals surface area contributed by atoms with Crippen molar-refractivity contribution in [3.63, 3.8) is 0 Å². The topological polar surface area (TPSA) is 73.7 Å². The van der Waals surface area contributed by atoms with Gasteiger partial charge in [-0.1, -0.05) is 81.4 Å². The number of aromatic nitrogens is 2. The van der Waals surface area contributed by atoms with E-state index in [1.807, 2.05) is 65.2 Å². The first kappa shape index (κ1) is 25.8. The van der Waals surface area contributed by atoms with Gasteiger partial charge in [-0.2, -0.15) is 0 Å². The van der Waals surface area contributed by atoms with Crippen LogP contribution in [0.25, 0.3) is 0 Å². The predicted molar refractivity (Wildman–Crippen MR) is 141 cm³/mol. The van der Waals surface area contributed by atoms with E-state index in [1.54, 1.807) is 12.5 Å². The van der Waals surface area contributed by atoms with Crippen LogP contribution < -0.4 is 0 Å². The quantitative estimate of drug-likeness (QED) is 0.374. The van der Waals surface area contributed by atoms with Crippen molar-refractivity contribution in [2.75, 3.05) is 6.61 Å². The second-order valence-corrected chi connectivity index (χ2v) is 15.6. The van der Waals surface area contributed by atoms with Gasteiger partial charge in [-0.15, -0.1) is 0 Å². The number of imidazole rings is 1. The molecule has 190 valence electrons. The highest BCUT2D eigenvalue weighted by molar-refractivity contribution is 6.74. The molecule has 0 spiro atoms. The van der Waals surface area contributed by atoms with E-state index in [0.717, 1.165) is 11.1 Å². The van der Waals surface area contributed by atoms with Crippen molar-refractivity contribution >= 4 is 20.3 Å². The van der Waals surface area contributed by atoms with Crippen LogP contribution in [0.2, 0.25) is 18.1 Å². The van der Waals surface area contributed by atoms with E-state index in [-0.39, 0.29) is 11.6 Å². The van der Waals surface area contributed by atoms with Gasteiger partial charge in [0.25, 0.3) is 5.91 Å². The van der Waals surface area contributed by atoms with Gasteiger partial charge >= 0.3 is 6.09 Å². The standard InChI is InChI=1S/C28H35N3O4Si/c1-28(2,3)36(4,5)35-25(24-17-29-20-30(24)18-22-14-10-7-11-15-22)26(32)31-23(19-34-27(31)33)16-21-12-8-6-9-13-21/h6-15,17,20,23,25H,16,18-19H2,1-5H3/t23-,25-/m0/s1. The number of hydrogen-bond acceptors (Lipinski definition) is 5. The zero-order valence-electron chi connectivity index (χ0n) is 21.7. The Morgan fingerprint density at radius 1 is 1.08 bits per heavy atom. The molecule has 4 rings (SSSR count). The maximum Gasteiger partial charge on any atom is 0.417 e. The van der Waals surface area contributed by atoms with Crippen LogP contribution in [0.3, 0.4) is 0 Å². The van der Waals surface area contributed by atoms with Gasteiger partial charge in [0, 0.05) is 6.54 Å². The van der Waals surface area contributed by atoms with Crippen LogP contribution in [0.1, 0.15) is 43.7 Å². The number of rotatable bonds is 8. The molecule has 0 aliphatic carbocycles. The van der Waals surface area contributed by atoms with E-state index in [4.69, 9.17) is 9.16 Å². The van der Waals surface area contributed by atoms with E-state index in [0.29, 0.717) is 18.7 Å². The number of nitrogens with zero attached hydrogens (tertiary/aromatic N) is 3. The SMILES string of the molecule is CC(C)(C)[Si](C)(C)O[C@H](C(=O)N1C(=O)OC[C@@H]1Cc1ccccc1)c1cncn1Cc1ccccc1. The number of ether oxygens (including phenoxy) is 1. The maximum atomic E-state index is 14.1. The fourth-order valence-electron chi connectivity index (χ4n) is 4.06. The van der Waals surface area contributed by atoms with Crippen LogP contribution in [-0.2, 0) is 26.9 Å². The molecule has 2 amide bonds. The van der Waals surface area contributed by atoms with Gasteiger partial charge in [0.2, 0.25) is 0 Å². The molecular weight excluding hydrogens is 470 g/mol. The molecule has 8 heteroatoms. The molecule has 3 aromatic rings. The lowest BCUT2D eigenvalue weighted by Gasteiger charge is -2.39. The Morgan fingerprint density at radius 3 is 2.31 bits per heavy atom. The Hall–Kier alpha value is -3.23. The highest BCUT2D eigenvalue weighted by Crippen LogP contribution is 2.40. The minimum absolute atomic E-state index is 0.134. The van der Waals surface area contributed by atoms with Gasteiger partial charge in [0.05, 0.1) is 24.3 Å². The van der Waals surface area contributed by atoms with Crippen LogP contribution in [0.15, 0.2) is 73.2 Å². The molecule has 1 aromatic heterocycles. The largest absolute Gasteiger partial charge is 0.447 e. The molecule has 0 radical (unpaired) electrons. The lowest BCUT2D eigenvalue weighted by Crippen LogP contribution is -2.49. The average molecular weight is 506 g/mol. The lowest BCUT2D eigenvalue weighted by molar-refractivity contribution is -0.137. The monoisotopic (exact) mass is 505 g/mol. The van der Waals surface area contributed by atoms with Gasteiger partial charge in [-0.05, 0) is 35.7 Å². The normalized spacial score (nSPS) is 17.2. The molecule has 1 aliphatic heterocycles. The van der Waals surface area contributed by atoms with Crippen molar-refractivity contribution in [1.82, 2.24) is 14.5 Å². The maximum absolute atomic E-state index is 14.1. The van der Waals surface area contributed by atoms with Crippen LogP contribution in [0, 0.1) is 0 Å². The average Bonchev–Trinajstić information content (AvgIpc) is 3.44. The van der Waals surface area contributed by atoms with Gasteiger partial charge in [-0.3, -0.25) is 4.79 Å². The van der Waals surface area contributed by atoms with Crippen LogP contribution in [0.5, 0.6) is 0 Å². The number of imide groups is 1. The zero-order valence-corrected chi connectivity index (χ0v) is 22.7. The van der Waals surface area contributed by atoms with E-state index in [9.17, 15) is 9.59 Å². The van der Waals surface area contributed by atoms with Crippen molar-refractivity contribution in [2.24, 2.45) is 0 Å². The van der Waals surface area contributed by atoms with Gasteiger partial charge in [-0.25, -0.2) is 14.7 Å². The molecule has 2 heterocycles. The lowest BCUT2D eigenvalue weighted by atomic mass is 10.1. The molecular formula is C28H35N3O4Si. The number of carbonyl (C=O) groups excluding carboxylic acids is 2. The minimum atomic E-state index is -2.41. The highest BCUT2D eigenvalue weighted by Gasteiger charge is 2.47. The Bertz CT molecular complexity index is 1190. The minimum Gasteiger partial charge on any atom is -0.447 e. The summed E-state index contributed by atoms with van der Waals surface area (Å²) in [6.45, 7) is 11.3. The Kier molecular flexibility index (Phi) is 7.47. The number of amides is 2. The van der Waals surface area contributed by atoms with E-state index >= 15 is 0 Å². The van der Waals surface area contributed by atoms with Crippen molar-refractivity contribution in [3.05, 3.63) is 90.0 Å². The third kappa shape index (κ3) is 5.60. The molecule has 0 unspecified atom stereocenters. The molecule has 2 atom stereocenters. The molecule has 36 heavy (non-hydrogen) atoms. The Labute approximate surface area is 214 Å². The smallest absolute Gasteiger partial charge is 0.417 e. The summed E-state index contributed by atoms with van der Waals surface area (Å²) in [7, 11) is -2.41. The first-order valence-corrected chi connectivity index (χ1v) is 15.2. The van der Waals surface area contributed by atoms with E-state index in [2.05, 4.69) is 38.8 Å². The van der Waals surface area contributed by atoms with Crippen molar-refractivity contribution in [2.45, 2.75) is 64.0 Å².